The lowest BCUT2D eigenvalue weighted by Gasteiger charge is -2.22. The average molecular weight is 424 g/mol. The minimum Gasteiger partial charge on any atom is -0.337 e. The van der Waals surface area contributed by atoms with Crippen molar-refractivity contribution in [1.29, 1.82) is 0 Å². The number of para-hydroxylation sites is 1. The highest BCUT2D eigenvalue weighted by molar-refractivity contribution is 5.94. The van der Waals surface area contributed by atoms with Crippen molar-refractivity contribution in [3.8, 4) is 0 Å². The molecule has 0 spiro atoms. The highest BCUT2D eigenvalue weighted by Gasteiger charge is 2.33. The summed E-state index contributed by atoms with van der Waals surface area (Å²) in [5.41, 5.74) is -1.33. The first-order valence-corrected chi connectivity index (χ1v) is 9.34. The second kappa shape index (κ2) is 9.21. The number of nitrogens with zero attached hydrogens (tertiary/aromatic N) is 3. The smallest absolute Gasteiger partial charge is 0.337 e. The predicted molar refractivity (Wildman–Crippen MR) is 101 cm³/mol. The molecule has 0 unspecified atom stereocenters. The summed E-state index contributed by atoms with van der Waals surface area (Å²) in [6, 6.07) is 7.61. The maximum atomic E-state index is 13.8. The molecule has 1 aliphatic heterocycles. The van der Waals surface area contributed by atoms with Crippen LogP contribution in [0.5, 0.6) is 0 Å². The molecule has 6 nitrogen and oxygen atoms in total. The van der Waals surface area contributed by atoms with Gasteiger partial charge in [0.2, 0.25) is 11.9 Å². The SMILES string of the molecule is O=C(CN1CCCN(C(=O)c2cccnc2F)CC1)Nc1ccccc1C(F)(F)F. The first-order chi connectivity index (χ1) is 14.3. The number of pyridine rings is 1. The van der Waals surface area contributed by atoms with Crippen LogP contribution < -0.4 is 5.32 Å². The lowest BCUT2D eigenvalue weighted by molar-refractivity contribution is -0.137. The van der Waals surface area contributed by atoms with Crippen LogP contribution in [0.3, 0.4) is 0 Å². The lowest BCUT2D eigenvalue weighted by atomic mass is 10.1. The van der Waals surface area contributed by atoms with E-state index < -0.39 is 29.5 Å². The molecule has 1 aliphatic rings. The van der Waals surface area contributed by atoms with E-state index in [1.807, 2.05) is 0 Å². The Hall–Kier alpha value is -3.01. The Morgan fingerprint density at radius 3 is 2.53 bits per heavy atom. The summed E-state index contributed by atoms with van der Waals surface area (Å²) in [6.45, 7) is 1.34. The van der Waals surface area contributed by atoms with Crippen molar-refractivity contribution in [3.63, 3.8) is 0 Å². The number of rotatable bonds is 4. The van der Waals surface area contributed by atoms with Crippen molar-refractivity contribution in [2.45, 2.75) is 12.6 Å². The van der Waals surface area contributed by atoms with Crippen molar-refractivity contribution in [3.05, 3.63) is 59.7 Å². The highest BCUT2D eigenvalue weighted by atomic mass is 19.4. The van der Waals surface area contributed by atoms with E-state index in [-0.39, 0.29) is 24.3 Å². The molecule has 1 aromatic heterocycles. The number of amides is 2. The van der Waals surface area contributed by atoms with E-state index in [0.29, 0.717) is 26.1 Å². The Balaban J connectivity index is 1.58. The number of alkyl halides is 3. The van der Waals surface area contributed by atoms with Crippen LogP contribution in [-0.2, 0) is 11.0 Å². The van der Waals surface area contributed by atoms with Crippen LogP contribution in [0.15, 0.2) is 42.6 Å². The van der Waals surface area contributed by atoms with E-state index in [1.54, 1.807) is 4.90 Å². The predicted octanol–water partition coefficient (Wildman–Crippen LogP) is 3.03. The van der Waals surface area contributed by atoms with Crippen LogP contribution in [0, 0.1) is 5.95 Å². The quantitative estimate of drug-likeness (QED) is 0.606. The number of carbonyl (C=O) groups excluding carboxylic acids is 2. The van der Waals surface area contributed by atoms with Gasteiger partial charge in [0.25, 0.3) is 5.91 Å². The summed E-state index contributed by atoms with van der Waals surface area (Å²) in [5, 5.41) is 2.31. The molecule has 0 saturated carbocycles. The van der Waals surface area contributed by atoms with Crippen LogP contribution in [-0.4, -0.2) is 59.3 Å². The number of anilines is 1. The largest absolute Gasteiger partial charge is 0.418 e. The number of hydrogen-bond donors (Lipinski definition) is 1. The van der Waals surface area contributed by atoms with Gasteiger partial charge in [0.05, 0.1) is 23.4 Å². The first kappa shape index (κ1) is 21.7. The van der Waals surface area contributed by atoms with E-state index in [0.717, 1.165) is 6.07 Å². The molecule has 1 fully saturated rings. The normalized spacial score (nSPS) is 15.5. The van der Waals surface area contributed by atoms with E-state index in [1.165, 1.54) is 41.4 Å². The fourth-order valence-electron chi connectivity index (χ4n) is 3.28. The number of aromatic nitrogens is 1. The second-order valence-corrected chi connectivity index (χ2v) is 6.86. The Morgan fingerprint density at radius 2 is 1.80 bits per heavy atom. The van der Waals surface area contributed by atoms with Crippen molar-refractivity contribution in [1.82, 2.24) is 14.8 Å². The van der Waals surface area contributed by atoms with E-state index in [4.69, 9.17) is 0 Å². The molecule has 0 radical (unpaired) electrons. The van der Waals surface area contributed by atoms with Gasteiger partial charge in [0, 0.05) is 32.4 Å². The van der Waals surface area contributed by atoms with E-state index in [9.17, 15) is 27.2 Å². The van der Waals surface area contributed by atoms with Crippen LogP contribution in [0.1, 0.15) is 22.3 Å². The fourth-order valence-corrected chi connectivity index (χ4v) is 3.28. The summed E-state index contributed by atoms with van der Waals surface area (Å²) in [5.74, 6) is -1.90. The van der Waals surface area contributed by atoms with Crippen molar-refractivity contribution in [2.24, 2.45) is 0 Å². The van der Waals surface area contributed by atoms with Crippen molar-refractivity contribution in [2.75, 3.05) is 38.0 Å². The van der Waals surface area contributed by atoms with Gasteiger partial charge in [0.1, 0.15) is 0 Å². The molecule has 2 amide bonds. The van der Waals surface area contributed by atoms with Gasteiger partial charge in [-0.15, -0.1) is 0 Å². The molecular formula is C20H20F4N4O2. The van der Waals surface area contributed by atoms with Gasteiger partial charge >= 0.3 is 6.18 Å². The third kappa shape index (κ3) is 5.32. The molecular weight excluding hydrogens is 404 g/mol. The zero-order chi connectivity index (χ0) is 21.7. The lowest BCUT2D eigenvalue weighted by Crippen LogP contribution is -2.38. The number of benzene rings is 1. The van der Waals surface area contributed by atoms with Gasteiger partial charge in [-0.1, -0.05) is 12.1 Å². The zero-order valence-corrected chi connectivity index (χ0v) is 16.0. The number of carbonyl (C=O) groups is 2. The van der Waals surface area contributed by atoms with Crippen LogP contribution in [0.2, 0.25) is 0 Å². The topological polar surface area (TPSA) is 65.5 Å². The zero-order valence-electron chi connectivity index (χ0n) is 16.0. The van der Waals surface area contributed by atoms with Gasteiger partial charge in [-0.3, -0.25) is 14.5 Å². The monoisotopic (exact) mass is 424 g/mol. The first-order valence-electron chi connectivity index (χ1n) is 9.34. The Morgan fingerprint density at radius 1 is 1.03 bits per heavy atom. The van der Waals surface area contributed by atoms with Crippen LogP contribution in [0.25, 0.3) is 0 Å². The fraction of sp³-hybridized carbons (Fsp3) is 0.350. The van der Waals surface area contributed by atoms with Gasteiger partial charge in [0.15, 0.2) is 0 Å². The van der Waals surface area contributed by atoms with Gasteiger partial charge < -0.3 is 10.2 Å². The molecule has 1 aromatic carbocycles. The molecule has 0 bridgehead atoms. The molecule has 3 rings (SSSR count). The highest BCUT2D eigenvalue weighted by Crippen LogP contribution is 2.34. The second-order valence-electron chi connectivity index (χ2n) is 6.86. The molecule has 1 saturated heterocycles. The Bertz CT molecular complexity index is 920. The number of nitrogens with one attached hydrogen (secondary N) is 1. The van der Waals surface area contributed by atoms with Crippen LogP contribution >= 0.6 is 0 Å². The summed E-state index contributed by atoms with van der Waals surface area (Å²) in [7, 11) is 0. The summed E-state index contributed by atoms with van der Waals surface area (Å²) in [4.78, 5) is 31.5. The molecule has 0 aliphatic carbocycles. The molecule has 10 heteroatoms. The number of halogens is 4. The van der Waals surface area contributed by atoms with E-state index >= 15 is 0 Å². The summed E-state index contributed by atoms with van der Waals surface area (Å²) in [6.07, 6.45) is -2.78. The van der Waals surface area contributed by atoms with E-state index in [2.05, 4.69) is 10.3 Å². The minimum absolute atomic E-state index is 0.116. The summed E-state index contributed by atoms with van der Waals surface area (Å²) < 4.78 is 53.0. The van der Waals surface area contributed by atoms with Gasteiger partial charge in [-0.2, -0.15) is 17.6 Å². The summed E-state index contributed by atoms with van der Waals surface area (Å²) >= 11 is 0. The molecule has 0 atom stereocenters. The van der Waals surface area contributed by atoms with Crippen LogP contribution in [0.4, 0.5) is 23.2 Å². The van der Waals surface area contributed by atoms with Crippen molar-refractivity contribution < 1.29 is 27.2 Å². The average Bonchev–Trinajstić information content (AvgIpc) is 2.93. The molecule has 30 heavy (non-hydrogen) atoms. The maximum absolute atomic E-state index is 13.8. The van der Waals surface area contributed by atoms with Crippen molar-refractivity contribution >= 4 is 17.5 Å². The standard InChI is InChI=1S/C20H20F4N4O2/c21-18-14(5-3-8-25-18)19(30)28-10-4-9-27(11-12-28)13-17(29)26-16-7-2-1-6-15(16)20(22,23)24/h1-3,5-8H,4,9-13H2,(H,26,29). The maximum Gasteiger partial charge on any atom is 0.418 e. The minimum atomic E-state index is -4.57. The Kier molecular flexibility index (Phi) is 6.66. The molecule has 2 aromatic rings. The Labute approximate surface area is 170 Å². The molecule has 2 heterocycles. The third-order valence-corrected chi connectivity index (χ3v) is 4.74. The number of hydrogen-bond acceptors (Lipinski definition) is 4. The van der Waals surface area contributed by atoms with Gasteiger partial charge in [-0.25, -0.2) is 4.98 Å². The molecule has 1 N–H and O–H groups in total. The molecule has 160 valence electrons. The third-order valence-electron chi connectivity index (χ3n) is 4.74. The van der Waals surface area contributed by atoms with Gasteiger partial charge in [-0.05, 0) is 30.7 Å².